The lowest BCUT2D eigenvalue weighted by Gasteiger charge is -2.42. The minimum absolute atomic E-state index is 0.463. The van der Waals surface area contributed by atoms with Crippen molar-refractivity contribution in [2.24, 2.45) is 5.41 Å². The number of hydrogen-bond acceptors (Lipinski definition) is 1. The van der Waals surface area contributed by atoms with Gasteiger partial charge in [0.2, 0.25) is 0 Å². The molecule has 0 heterocycles. The fourth-order valence-electron chi connectivity index (χ4n) is 3.97. The second kappa shape index (κ2) is 5.28. The summed E-state index contributed by atoms with van der Waals surface area (Å²) in [6, 6.07) is 10.3. The predicted molar refractivity (Wildman–Crippen MR) is 81.3 cm³/mol. The van der Waals surface area contributed by atoms with Crippen LogP contribution in [0.5, 0.6) is 0 Å². The zero-order valence-corrected chi connectivity index (χ0v) is 12.4. The summed E-state index contributed by atoms with van der Waals surface area (Å²) in [7, 11) is 0. The maximum Gasteiger partial charge on any atom is 0.0325 e. The first-order valence-corrected chi connectivity index (χ1v) is 8.01. The molecular formula is C18H27N. The molecule has 104 valence electrons. The van der Waals surface area contributed by atoms with Crippen LogP contribution in [0.4, 0.5) is 0 Å². The third kappa shape index (κ3) is 2.72. The van der Waals surface area contributed by atoms with E-state index in [-0.39, 0.29) is 0 Å². The lowest BCUT2D eigenvalue weighted by atomic mass is 9.72. The van der Waals surface area contributed by atoms with E-state index in [0.717, 1.165) is 0 Å². The van der Waals surface area contributed by atoms with Crippen molar-refractivity contribution in [1.82, 2.24) is 5.32 Å². The van der Waals surface area contributed by atoms with Gasteiger partial charge >= 0.3 is 0 Å². The second-order valence-corrected chi connectivity index (χ2v) is 7.10. The first-order chi connectivity index (χ1) is 9.17. The summed E-state index contributed by atoms with van der Waals surface area (Å²) in [5.74, 6) is 0. The zero-order valence-electron chi connectivity index (χ0n) is 12.4. The topological polar surface area (TPSA) is 12.0 Å². The fourth-order valence-corrected chi connectivity index (χ4v) is 3.97. The molecule has 0 amide bonds. The van der Waals surface area contributed by atoms with E-state index in [1.807, 2.05) is 0 Å². The number of aryl methyl sites for hydroxylation is 1. The molecule has 2 atom stereocenters. The van der Waals surface area contributed by atoms with E-state index >= 15 is 0 Å². The highest BCUT2D eigenvalue weighted by Gasteiger charge is 2.34. The predicted octanol–water partition coefficient (Wildman–Crippen LogP) is 4.62. The summed E-state index contributed by atoms with van der Waals surface area (Å²) in [6.45, 7) is 4.89. The van der Waals surface area contributed by atoms with Crippen LogP contribution in [0.25, 0.3) is 0 Å². The summed E-state index contributed by atoms with van der Waals surface area (Å²) in [4.78, 5) is 0. The highest BCUT2D eigenvalue weighted by Crippen LogP contribution is 2.38. The molecule has 1 aromatic carbocycles. The van der Waals surface area contributed by atoms with Gasteiger partial charge in [-0.1, -0.05) is 51.0 Å². The number of nitrogens with one attached hydrogen (secondary N) is 1. The average Bonchev–Trinajstić information content (AvgIpc) is 2.41. The van der Waals surface area contributed by atoms with E-state index in [0.29, 0.717) is 17.5 Å². The molecule has 0 radical (unpaired) electrons. The monoisotopic (exact) mass is 257 g/mol. The van der Waals surface area contributed by atoms with Gasteiger partial charge in [-0.05, 0) is 48.6 Å². The molecule has 1 heteroatoms. The SMILES string of the molecule is CC1(C)CCCCC1NC1CCCc2ccccc21. The first-order valence-electron chi connectivity index (χ1n) is 8.01. The summed E-state index contributed by atoms with van der Waals surface area (Å²) in [5, 5.41) is 4.00. The van der Waals surface area contributed by atoms with Crippen molar-refractivity contribution in [1.29, 1.82) is 0 Å². The molecule has 19 heavy (non-hydrogen) atoms. The minimum Gasteiger partial charge on any atom is -0.307 e. The Balaban J connectivity index is 1.77. The van der Waals surface area contributed by atoms with Crippen LogP contribution in [-0.2, 0) is 6.42 Å². The van der Waals surface area contributed by atoms with Crippen LogP contribution in [0.15, 0.2) is 24.3 Å². The van der Waals surface area contributed by atoms with Crippen molar-refractivity contribution in [3.63, 3.8) is 0 Å². The summed E-state index contributed by atoms with van der Waals surface area (Å²) in [6.07, 6.45) is 9.44. The molecular weight excluding hydrogens is 230 g/mol. The van der Waals surface area contributed by atoms with Crippen molar-refractivity contribution in [2.45, 2.75) is 70.9 Å². The molecule has 1 saturated carbocycles. The van der Waals surface area contributed by atoms with Crippen LogP contribution in [0.2, 0.25) is 0 Å². The van der Waals surface area contributed by atoms with Gasteiger partial charge in [-0.3, -0.25) is 0 Å². The Morgan fingerprint density at radius 2 is 1.89 bits per heavy atom. The highest BCUT2D eigenvalue weighted by atomic mass is 15.0. The van der Waals surface area contributed by atoms with Crippen molar-refractivity contribution >= 4 is 0 Å². The Bertz CT molecular complexity index is 435. The van der Waals surface area contributed by atoms with Crippen LogP contribution >= 0.6 is 0 Å². The van der Waals surface area contributed by atoms with E-state index in [9.17, 15) is 0 Å². The summed E-state index contributed by atoms with van der Waals surface area (Å²) < 4.78 is 0. The van der Waals surface area contributed by atoms with Crippen molar-refractivity contribution in [2.75, 3.05) is 0 Å². The maximum atomic E-state index is 4.00. The minimum atomic E-state index is 0.463. The lowest BCUT2D eigenvalue weighted by Crippen LogP contribution is -2.46. The van der Waals surface area contributed by atoms with E-state index in [4.69, 9.17) is 0 Å². The molecule has 1 N–H and O–H groups in total. The Kier molecular flexibility index (Phi) is 3.66. The number of hydrogen-bond donors (Lipinski definition) is 1. The van der Waals surface area contributed by atoms with Gasteiger partial charge in [-0.25, -0.2) is 0 Å². The van der Waals surface area contributed by atoms with Crippen LogP contribution in [-0.4, -0.2) is 6.04 Å². The number of benzene rings is 1. The molecule has 1 aromatic rings. The Morgan fingerprint density at radius 1 is 1.05 bits per heavy atom. The van der Waals surface area contributed by atoms with Gasteiger partial charge in [0, 0.05) is 12.1 Å². The Hall–Kier alpha value is -0.820. The third-order valence-corrected chi connectivity index (χ3v) is 5.28. The molecule has 0 saturated heterocycles. The van der Waals surface area contributed by atoms with Gasteiger partial charge < -0.3 is 5.32 Å². The highest BCUT2D eigenvalue weighted by molar-refractivity contribution is 5.32. The van der Waals surface area contributed by atoms with Crippen LogP contribution < -0.4 is 5.32 Å². The molecule has 0 aliphatic heterocycles. The van der Waals surface area contributed by atoms with E-state index in [1.165, 1.54) is 44.9 Å². The van der Waals surface area contributed by atoms with Crippen molar-refractivity contribution < 1.29 is 0 Å². The van der Waals surface area contributed by atoms with Crippen LogP contribution in [0, 0.1) is 5.41 Å². The molecule has 1 fully saturated rings. The third-order valence-electron chi connectivity index (χ3n) is 5.28. The van der Waals surface area contributed by atoms with Crippen LogP contribution in [0.3, 0.4) is 0 Å². The molecule has 3 rings (SSSR count). The summed E-state index contributed by atoms with van der Waals surface area (Å²) in [5.41, 5.74) is 3.60. The van der Waals surface area contributed by atoms with Gasteiger partial charge in [0.15, 0.2) is 0 Å². The molecule has 1 nitrogen and oxygen atoms in total. The van der Waals surface area contributed by atoms with Gasteiger partial charge in [-0.15, -0.1) is 0 Å². The standard InChI is InChI=1S/C18H27N/c1-18(2)13-6-5-12-17(18)19-16-11-7-9-14-8-3-4-10-15(14)16/h3-4,8,10,16-17,19H,5-7,9,11-13H2,1-2H3. The van der Waals surface area contributed by atoms with Gasteiger partial charge in [-0.2, -0.15) is 0 Å². The lowest BCUT2D eigenvalue weighted by molar-refractivity contribution is 0.151. The molecule has 2 aliphatic rings. The van der Waals surface area contributed by atoms with E-state index in [2.05, 4.69) is 43.4 Å². The normalized spacial score (nSPS) is 29.8. The Labute approximate surface area is 117 Å². The van der Waals surface area contributed by atoms with Gasteiger partial charge in [0.05, 0.1) is 0 Å². The molecule has 0 bridgehead atoms. The maximum absolute atomic E-state index is 4.00. The molecule has 0 spiro atoms. The fraction of sp³-hybridized carbons (Fsp3) is 0.667. The zero-order chi connectivity index (χ0) is 13.3. The van der Waals surface area contributed by atoms with Gasteiger partial charge in [0.25, 0.3) is 0 Å². The first kappa shape index (κ1) is 13.2. The average molecular weight is 257 g/mol. The van der Waals surface area contributed by atoms with E-state index in [1.54, 1.807) is 11.1 Å². The molecule has 2 aliphatic carbocycles. The number of fused-ring (bicyclic) bond motifs is 1. The smallest absolute Gasteiger partial charge is 0.0325 e. The Morgan fingerprint density at radius 3 is 2.74 bits per heavy atom. The van der Waals surface area contributed by atoms with Crippen LogP contribution in [0.1, 0.15) is 69.5 Å². The quantitative estimate of drug-likeness (QED) is 0.815. The molecule has 0 aromatic heterocycles. The summed E-state index contributed by atoms with van der Waals surface area (Å²) >= 11 is 0. The molecule has 2 unspecified atom stereocenters. The van der Waals surface area contributed by atoms with Crippen molar-refractivity contribution in [3.8, 4) is 0 Å². The van der Waals surface area contributed by atoms with Gasteiger partial charge in [0.1, 0.15) is 0 Å². The second-order valence-electron chi connectivity index (χ2n) is 7.10. The number of rotatable bonds is 2. The van der Waals surface area contributed by atoms with Crippen molar-refractivity contribution in [3.05, 3.63) is 35.4 Å². The largest absolute Gasteiger partial charge is 0.307 e. The van der Waals surface area contributed by atoms with E-state index < -0.39 is 0 Å².